The van der Waals surface area contributed by atoms with E-state index in [4.69, 9.17) is 21.4 Å². The summed E-state index contributed by atoms with van der Waals surface area (Å²) in [6.45, 7) is 0.882. The predicted molar refractivity (Wildman–Crippen MR) is 69.2 cm³/mol. The first kappa shape index (κ1) is 15.4. The summed E-state index contributed by atoms with van der Waals surface area (Å²) < 4.78 is 31.2. The van der Waals surface area contributed by atoms with Crippen LogP contribution in [0.2, 0.25) is 5.02 Å². The van der Waals surface area contributed by atoms with Gasteiger partial charge in [0.1, 0.15) is 4.90 Å². The SMILES string of the molecule is O=S(=O)(NCCCOCCO)c1ccccc1Cl. The molecule has 1 aromatic rings. The molecule has 7 heteroatoms. The lowest BCUT2D eigenvalue weighted by Gasteiger charge is -2.08. The summed E-state index contributed by atoms with van der Waals surface area (Å²) in [5.41, 5.74) is 0. The maximum Gasteiger partial charge on any atom is 0.242 e. The van der Waals surface area contributed by atoms with E-state index >= 15 is 0 Å². The van der Waals surface area contributed by atoms with Crippen molar-refractivity contribution in [2.45, 2.75) is 11.3 Å². The molecule has 0 saturated heterocycles. The van der Waals surface area contributed by atoms with Gasteiger partial charge in [-0.15, -0.1) is 0 Å². The fraction of sp³-hybridized carbons (Fsp3) is 0.455. The number of aliphatic hydroxyl groups excluding tert-OH is 1. The Balaban J connectivity index is 2.44. The monoisotopic (exact) mass is 293 g/mol. The van der Waals surface area contributed by atoms with E-state index in [-0.39, 0.29) is 29.7 Å². The molecular weight excluding hydrogens is 278 g/mol. The third-order valence-electron chi connectivity index (χ3n) is 2.12. The molecule has 0 amide bonds. The molecule has 0 heterocycles. The molecule has 0 unspecified atom stereocenters. The highest BCUT2D eigenvalue weighted by Gasteiger charge is 2.16. The summed E-state index contributed by atoms with van der Waals surface area (Å²) in [5, 5.41) is 8.68. The maximum absolute atomic E-state index is 11.9. The second kappa shape index (κ2) is 7.70. The Labute approximate surface area is 112 Å². The Hall–Kier alpha value is -0.660. The van der Waals surface area contributed by atoms with E-state index in [1.54, 1.807) is 12.1 Å². The number of rotatable bonds is 8. The molecular formula is C11H16ClNO4S. The minimum atomic E-state index is -3.57. The molecule has 1 rings (SSSR count). The molecule has 0 aliphatic rings. The van der Waals surface area contributed by atoms with Gasteiger partial charge in [-0.2, -0.15) is 0 Å². The van der Waals surface area contributed by atoms with E-state index in [1.807, 2.05) is 0 Å². The average molecular weight is 294 g/mol. The number of aliphatic hydroxyl groups is 1. The summed E-state index contributed by atoms with van der Waals surface area (Å²) in [4.78, 5) is 0.0722. The standard InChI is InChI=1S/C11H16ClNO4S/c12-10-4-1-2-5-11(10)18(15,16)13-6-3-8-17-9-7-14/h1-2,4-5,13-14H,3,6-9H2. The third kappa shape index (κ3) is 4.91. The first-order chi connectivity index (χ1) is 8.58. The quantitative estimate of drug-likeness (QED) is 0.702. The summed E-state index contributed by atoms with van der Waals surface area (Å²) in [5.74, 6) is 0. The van der Waals surface area contributed by atoms with Crippen LogP contribution in [0.25, 0.3) is 0 Å². The van der Waals surface area contributed by atoms with Gasteiger partial charge in [0.2, 0.25) is 10.0 Å². The molecule has 0 spiro atoms. The molecule has 0 radical (unpaired) electrons. The van der Waals surface area contributed by atoms with Gasteiger partial charge in [0, 0.05) is 13.2 Å². The van der Waals surface area contributed by atoms with Crippen LogP contribution in [0.1, 0.15) is 6.42 Å². The molecule has 0 bridgehead atoms. The van der Waals surface area contributed by atoms with Crippen LogP contribution >= 0.6 is 11.6 Å². The maximum atomic E-state index is 11.9. The molecule has 18 heavy (non-hydrogen) atoms. The van der Waals surface area contributed by atoms with Crippen molar-refractivity contribution in [3.63, 3.8) is 0 Å². The molecule has 0 aliphatic carbocycles. The van der Waals surface area contributed by atoms with E-state index in [0.29, 0.717) is 13.0 Å². The number of benzene rings is 1. The normalized spacial score (nSPS) is 11.7. The number of ether oxygens (including phenoxy) is 1. The fourth-order valence-electron chi connectivity index (χ4n) is 1.29. The summed E-state index contributed by atoms with van der Waals surface area (Å²) in [6.07, 6.45) is 0.531. The van der Waals surface area contributed by atoms with Gasteiger partial charge in [0.15, 0.2) is 0 Å². The van der Waals surface area contributed by atoms with Gasteiger partial charge in [-0.3, -0.25) is 0 Å². The van der Waals surface area contributed by atoms with E-state index in [2.05, 4.69) is 4.72 Å². The Morgan fingerprint density at radius 1 is 1.28 bits per heavy atom. The highest BCUT2D eigenvalue weighted by atomic mass is 35.5. The van der Waals surface area contributed by atoms with Gasteiger partial charge in [0.05, 0.1) is 18.2 Å². The fourth-order valence-corrected chi connectivity index (χ4v) is 2.88. The van der Waals surface area contributed by atoms with Crippen LogP contribution in [-0.4, -0.2) is 39.9 Å². The van der Waals surface area contributed by atoms with Crippen LogP contribution < -0.4 is 4.72 Å². The first-order valence-electron chi connectivity index (χ1n) is 5.51. The molecule has 0 saturated carbocycles. The topological polar surface area (TPSA) is 75.6 Å². The number of sulfonamides is 1. The van der Waals surface area contributed by atoms with E-state index in [9.17, 15) is 8.42 Å². The van der Waals surface area contributed by atoms with Crippen LogP contribution in [0.4, 0.5) is 0 Å². The smallest absolute Gasteiger partial charge is 0.242 e. The summed E-state index contributed by atoms with van der Waals surface area (Å²) in [7, 11) is -3.57. The predicted octanol–water partition coefficient (Wildman–Crippen LogP) is 1.02. The minimum Gasteiger partial charge on any atom is -0.394 e. The van der Waals surface area contributed by atoms with Crippen LogP contribution in [0.3, 0.4) is 0 Å². The summed E-state index contributed by atoms with van der Waals surface area (Å²) >= 11 is 5.82. The van der Waals surface area contributed by atoms with Crippen LogP contribution in [0.15, 0.2) is 29.2 Å². The number of hydrogen-bond donors (Lipinski definition) is 2. The van der Waals surface area contributed by atoms with Crippen LogP contribution in [-0.2, 0) is 14.8 Å². The van der Waals surface area contributed by atoms with Crippen molar-refractivity contribution in [3.8, 4) is 0 Å². The van der Waals surface area contributed by atoms with E-state index in [0.717, 1.165) is 0 Å². The Morgan fingerprint density at radius 2 is 2.00 bits per heavy atom. The van der Waals surface area contributed by atoms with Gasteiger partial charge in [-0.25, -0.2) is 13.1 Å². The van der Waals surface area contributed by atoms with Crippen molar-refractivity contribution in [1.82, 2.24) is 4.72 Å². The van der Waals surface area contributed by atoms with Crippen molar-refractivity contribution in [2.24, 2.45) is 0 Å². The van der Waals surface area contributed by atoms with Gasteiger partial charge < -0.3 is 9.84 Å². The number of nitrogens with one attached hydrogen (secondary N) is 1. The van der Waals surface area contributed by atoms with Crippen molar-refractivity contribution < 1.29 is 18.3 Å². The molecule has 2 N–H and O–H groups in total. The zero-order valence-corrected chi connectivity index (χ0v) is 11.4. The van der Waals surface area contributed by atoms with Crippen LogP contribution in [0, 0.1) is 0 Å². The second-order valence-electron chi connectivity index (χ2n) is 3.52. The number of hydrogen-bond acceptors (Lipinski definition) is 4. The van der Waals surface area contributed by atoms with Gasteiger partial charge in [-0.1, -0.05) is 23.7 Å². The zero-order chi connectivity index (χ0) is 13.4. The first-order valence-corrected chi connectivity index (χ1v) is 7.37. The van der Waals surface area contributed by atoms with Crippen LogP contribution in [0.5, 0.6) is 0 Å². The van der Waals surface area contributed by atoms with E-state index in [1.165, 1.54) is 12.1 Å². The highest BCUT2D eigenvalue weighted by molar-refractivity contribution is 7.89. The third-order valence-corrected chi connectivity index (χ3v) is 4.08. The highest BCUT2D eigenvalue weighted by Crippen LogP contribution is 2.19. The zero-order valence-electron chi connectivity index (χ0n) is 9.80. The Kier molecular flexibility index (Phi) is 6.59. The number of halogens is 1. The average Bonchev–Trinajstić information content (AvgIpc) is 2.34. The lowest BCUT2D eigenvalue weighted by atomic mass is 10.4. The molecule has 0 aromatic heterocycles. The molecule has 1 aromatic carbocycles. The van der Waals surface area contributed by atoms with Crippen molar-refractivity contribution in [2.75, 3.05) is 26.4 Å². The second-order valence-corrected chi connectivity index (χ2v) is 5.66. The largest absolute Gasteiger partial charge is 0.394 e. The lowest BCUT2D eigenvalue weighted by molar-refractivity contribution is 0.0913. The van der Waals surface area contributed by atoms with Gasteiger partial charge in [-0.05, 0) is 18.6 Å². The molecule has 0 atom stereocenters. The Bertz CT molecular complexity index is 464. The van der Waals surface area contributed by atoms with E-state index < -0.39 is 10.0 Å². The van der Waals surface area contributed by atoms with Crippen molar-refractivity contribution in [1.29, 1.82) is 0 Å². The van der Waals surface area contributed by atoms with Gasteiger partial charge >= 0.3 is 0 Å². The summed E-state index contributed by atoms with van der Waals surface area (Å²) in [6, 6.07) is 6.27. The molecule has 102 valence electrons. The Morgan fingerprint density at radius 3 is 2.67 bits per heavy atom. The molecule has 0 fully saturated rings. The van der Waals surface area contributed by atoms with Gasteiger partial charge in [0.25, 0.3) is 0 Å². The molecule has 0 aliphatic heterocycles. The minimum absolute atomic E-state index is 0.0364. The molecule has 5 nitrogen and oxygen atoms in total. The lowest BCUT2D eigenvalue weighted by Crippen LogP contribution is -2.26. The van der Waals surface area contributed by atoms with Crippen molar-refractivity contribution in [3.05, 3.63) is 29.3 Å². The van der Waals surface area contributed by atoms with Crippen molar-refractivity contribution >= 4 is 21.6 Å².